The zero-order chi connectivity index (χ0) is 36.8. The summed E-state index contributed by atoms with van der Waals surface area (Å²) in [4.78, 5) is 37.9. The van der Waals surface area contributed by atoms with Crippen LogP contribution in [-0.4, -0.2) is 61.5 Å². The SMILES string of the molecule is CC(C)CCC[C@@H](C)[C@H]1CC[C@H]2[C@@H]3CC=C4C[C@@H](OC(=O)CCC(=O)OC[C@@H]5C[C@@H](O)[C@H](n6cnc7c(N)ncnc76)O5)CC[C@]4(C)[C@H]3CC[C@]12C. The molecule has 2 aromatic rings. The van der Waals surface area contributed by atoms with Gasteiger partial charge in [-0.15, -0.1) is 0 Å². The van der Waals surface area contributed by atoms with E-state index in [1.54, 1.807) is 4.57 Å². The number of ether oxygens (including phenoxy) is 3. The number of imidazole rings is 1. The van der Waals surface area contributed by atoms with Gasteiger partial charge in [-0.2, -0.15) is 0 Å². The van der Waals surface area contributed by atoms with E-state index in [0.717, 1.165) is 54.8 Å². The van der Waals surface area contributed by atoms with E-state index in [1.165, 1.54) is 69.6 Å². The monoisotopic (exact) mass is 719 g/mol. The molecule has 0 bridgehead atoms. The molecule has 3 N–H and O–H groups in total. The summed E-state index contributed by atoms with van der Waals surface area (Å²) in [7, 11) is 0. The minimum Gasteiger partial charge on any atom is -0.463 e. The smallest absolute Gasteiger partial charge is 0.306 e. The fourth-order valence-corrected chi connectivity index (χ4v) is 11.6. The van der Waals surface area contributed by atoms with Crippen molar-refractivity contribution < 1.29 is 28.9 Å². The summed E-state index contributed by atoms with van der Waals surface area (Å²) in [6.45, 7) is 12.4. The molecule has 11 atom stereocenters. The molecule has 2 aromatic heterocycles. The third kappa shape index (κ3) is 7.13. The largest absolute Gasteiger partial charge is 0.463 e. The van der Waals surface area contributed by atoms with Crippen LogP contribution in [0.3, 0.4) is 0 Å². The van der Waals surface area contributed by atoms with Gasteiger partial charge in [0.25, 0.3) is 0 Å². The third-order valence-electron chi connectivity index (χ3n) is 14.3. The molecule has 0 amide bonds. The van der Waals surface area contributed by atoms with Gasteiger partial charge in [0.2, 0.25) is 0 Å². The third-order valence-corrected chi connectivity index (χ3v) is 14.3. The van der Waals surface area contributed by atoms with Crippen LogP contribution < -0.4 is 5.73 Å². The normalized spacial score (nSPS) is 36.2. The molecule has 5 aliphatic rings. The molecule has 0 aromatic carbocycles. The Morgan fingerprint density at radius 1 is 1.04 bits per heavy atom. The fraction of sp³-hybridized carbons (Fsp3) is 0.780. The Hall–Kier alpha value is -3.05. The van der Waals surface area contributed by atoms with Crippen molar-refractivity contribution in [2.45, 2.75) is 149 Å². The van der Waals surface area contributed by atoms with Gasteiger partial charge < -0.3 is 25.1 Å². The number of nitrogens with zero attached hydrogens (tertiary/aromatic N) is 4. The molecule has 52 heavy (non-hydrogen) atoms. The van der Waals surface area contributed by atoms with Gasteiger partial charge in [-0.1, -0.05) is 65.5 Å². The minimum atomic E-state index is -0.846. The van der Waals surface area contributed by atoms with E-state index in [0.29, 0.717) is 16.6 Å². The van der Waals surface area contributed by atoms with Gasteiger partial charge in [-0.25, -0.2) is 15.0 Å². The summed E-state index contributed by atoms with van der Waals surface area (Å²) in [5.74, 6) is 4.19. The number of hydrogen-bond donors (Lipinski definition) is 2. The first-order valence-electron chi connectivity index (χ1n) is 20.2. The molecule has 7 rings (SSSR count). The lowest BCUT2D eigenvalue weighted by molar-refractivity contribution is -0.157. The topological polar surface area (TPSA) is 152 Å². The van der Waals surface area contributed by atoms with Crippen molar-refractivity contribution in [3.63, 3.8) is 0 Å². The van der Waals surface area contributed by atoms with Crippen molar-refractivity contribution >= 4 is 28.9 Å². The van der Waals surface area contributed by atoms with Gasteiger partial charge in [0.1, 0.15) is 30.7 Å². The lowest BCUT2D eigenvalue weighted by atomic mass is 9.47. The molecule has 3 saturated carbocycles. The number of allylic oxidation sites excluding steroid dienone is 1. The van der Waals surface area contributed by atoms with Crippen molar-refractivity contribution in [1.29, 1.82) is 0 Å². The predicted molar refractivity (Wildman–Crippen MR) is 197 cm³/mol. The molecule has 0 unspecified atom stereocenters. The average molecular weight is 720 g/mol. The summed E-state index contributed by atoms with van der Waals surface area (Å²) in [6, 6.07) is 0. The van der Waals surface area contributed by atoms with E-state index in [9.17, 15) is 14.7 Å². The molecular weight excluding hydrogens is 658 g/mol. The Bertz CT molecular complexity index is 1640. The maximum atomic E-state index is 12.9. The van der Waals surface area contributed by atoms with E-state index < -0.39 is 24.4 Å². The molecule has 3 heterocycles. The van der Waals surface area contributed by atoms with E-state index in [4.69, 9.17) is 19.9 Å². The Morgan fingerprint density at radius 3 is 2.65 bits per heavy atom. The van der Waals surface area contributed by atoms with Crippen LogP contribution in [0.15, 0.2) is 24.3 Å². The number of hydrogen-bond acceptors (Lipinski definition) is 10. The van der Waals surface area contributed by atoms with Crippen LogP contribution in [0.25, 0.3) is 11.2 Å². The van der Waals surface area contributed by atoms with Crippen LogP contribution in [0.4, 0.5) is 5.82 Å². The molecule has 11 heteroatoms. The van der Waals surface area contributed by atoms with Crippen molar-refractivity contribution in [3.8, 4) is 0 Å². The van der Waals surface area contributed by atoms with E-state index in [-0.39, 0.29) is 49.2 Å². The van der Waals surface area contributed by atoms with Crippen LogP contribution in [0.2, 0.25) is 0 Å². The van der Waals surface area contributed by atoms with Crippen LogP contribution in [-0.2, 0) is 23.8 Å². The molecule has 0 radical (unpaired) electrons. The number of carbonyl (C=O) groups excluding carboxylic acids is 2. The second-order valence-electron chi connectivity index (χ2n) is 17.9. The van der Waals surface area contributed by atoms with Crippen LogP contribution in [0.1, 0.15) is 131 Å². The average Bonchev–Trinajstić information content (AvgIpc) is 3.81. The summed E-state index contributed by atoms with van der Waals surface area (Å²) in [5.41, 5.74) is 8.93. The highest BCUT2D eigenvalue weighted by Gasteiger charge is 2.59. The molecule has 0 spiro atoms. The lowest BCUT2D eigenvalue weighted by Crippen LogP contribution is -2.51. The first-order valence-corrected chi connectivity index (χ1v) is 20.2. The van der Waals surface area contributed by atoms with Crippen LogP contribution in [0, 0.1) is 46.3 Å². The number of nitrogens with two attached hydrogens (primary N) is 1. The summed E-state index contributed by atoms with van der Waals surface area (Å²) < 4.78 is 19.0. The van der Waals surface area contributed by atoms with Crippen molar-refractivity contribution in [2.75, 3.05) is 12.3 Å². The Labute approximate surface area is 308 Å². The van der Waals surface area contributed by atoms with Crippen LogP contribution in [0.5, 0.6) is 0 Å². The lowest BCUT2D eigenvalue weighted by Gasteiger charge is -2.58. The second-order valence-corrected chi connectivity index (χ2v) is 17.9. The number of nitrogen functional groups attached to an aromatic ring is 1. The number of aliphatic hydroxyl groups excluding tert-OH is 1. The standard InChI is InChI=1S/C41H61N5O6/c1-24(2)7-6-8-25(3)30-11-12-31-29-10-9-26-19-27(15-17-40(26,4)32(29)16-18-41(30,31)5)51-35(49)14-13-34(48)50-21-28-20-33(47)39(52-28)46-23-45-36-37(42)43-22-44-38(36)46/h9,22-25,27-33,39,47H,6-8,10-21H2,1-5H3,(H2,42,43,44)/t25-,27+,28+,29+,30-,31+,32+,33-,39-,40+,41-/m1/s1. The fourth-order valence-electron chi connectivity index (χ4n) is 11.6. The summed E-state index contributed by atoms with van der Waals surface area (Å²) >= 11 is 0. The number of anilines is 1. The van der Waals surface area contributed by atoms with Crippen molar-refractivity contribution in [1.82, 2.24) is 19.5 Å². The highest BCUT2D eigenvalue weighted by molar-refractivity contribution is 5.81. The van der Waals surface area contributed by atoms with Crippen LogP contribution >= 0.6 is 0 Å². The molecule has 4 aliphatic carbocycles. The van der Waals surface area contributed by atoms with Gasteiger partial charge in [0.05, 0.1) is 25.3 Å². The second kappa shape index (κ2) is 15.0. The Kier molecular flexibility index (Phi) is 10.8. The zero-order valence-electron chi connectivity index (χ0n) is 32.0. The van der Waals surface area contributed by atoms with Crippen molar-refractivity contribution in [2.24, 2.45) is 46.3 Å². The summed E-state index contributed by atoms with van der Waals surface area (Å²) in [6.07, 6.45) is 16.8. The molecule has 1 aliphatic heterocycles. The van der Waals surface area contributed by atoms with Gasteiger partial charge in [-0.05, 0) is 91.3 Å². The Morgan fingerprint density at radius 2 is 1.85 bits per heavy atom. The highest BCUT2D eigenvalue weighted by atomic mass is 16.6. The maximum absolute atomic E-state index is 12.9. The number of aliphatic hydroxyl groups is 1. The quantitative estimate of drug-likeness (QED) is 0.168. The number of rotatable bonds is 12. The minimum absolute atomic E-state index is 0.0212. The molecule has 11 nitrogen and oxygen atoms in total. The van der Waals surface area contributed by atoms with Gasteiger partial charge in [-0.3, -0.25) is 14.2 Å². The van der Waals surface area contributed by atoms with E-state index in [2.05, 4.69) is 55.6 Å². The molecule has 4 fully saturated rings. The maximum Gasteiger partial charge on any atom is 0.306 e. The number of fused-ring (bicyclic) bond motifs is 6. The van der Waals surface area contributed by atoms with E-state index in [1.807, 2.05) is 0 Å². The first kappa shape index (κ1) is 37.3. The molecular formula is C41H61N5O6. The number of carbonyl (C=O) groups is 2. The Balaban J connectivity index is 0.860. The van der Waals surface area contributed by atoms with Gasteiger partial charge in [0.15, 0.2) is 17.7 Å². The number of esters is 2. The molecule has 286 valence electrons. The predicted octanol–water partition coefficient (Wildman–Crippen LogP) is 7.33. The zero-order valence-corrected chi connectivity index (χ0v) is 32.0. The van der Waals surface area contributed by atoms with Gasteiger partial charge >= 0.3 is 11.9 Å². The first-order chi connectivity index (χ1) is 24.9. The highest BCUT2D eigenvalue weighted by Crippen LogP contribution is 2.67. The summed E-state index contributed by atoms with van der Waals surface area (Å²) in [5, 5.41) is 10.7. The van der Waals surface area contributed by atoms with Gasteiger partial charge in [0, 0.05) is 12.8 Å². The van der Waals surface area contributed by atoms with E-state index >= 15 is 0 Å². The number of aromatic nitrogens is 4. The van der Waals surface area contributed by atoms with Crippen molar-refractivity contribution in [3.05, 3.63) is 24.3 Å². The molecule has 1 saturated heterocycles.